The van der Waals surface area contributed by atoms with Gasteiger partial charge in [-0.15, -0.1) is 0 Å². The number of carbonyl (C=O) groups is 1. The van der Waals surface area contributed by atoms with Crippen LogP contribution in [0, 0.1) is 0 Å². The maximum atomic E-state index is 12.4. The van der Waals surface area contributed by atoms with Crippen molar-refractivity contribution in [1.82, 2.24) is 15.2 Å². The van der Waals surface area contributed by atoms with E-state index in [0.29, 0.717) is 13.0 Å². The molecular formula is C16H21N3O2. The van der Waals surface area contributed by atoms with Gasteiger partial charge >= 0.3 is 0 Å². The third-order valence-electron chi connectivity index (χ3n) is 3.92. The van der Waals surface area contributed by atoms with Crippen LogP contribution in [0.4, 0.5) is 0 Å². The van der Waals surface area contributed by atoms with Gasteiger partial charge in [-0.25, -0.2) is 0 Å². The number of H-pyrrole nitrogens is 1. The molecule has 0 saturated carbocycles. The van der Waals surface area contributed by atoms with Crippen LogP contribution in [0.15, 0.2) is 30.5 Å². The highest BCUT2D eigenvalue weighted by Crippen LogP contribution is 2.18. The Labute approximate surface area is 124 Å². The molecule has 0 aliphatic carbocycles. The molecule has 1 amide bonds. The summed E-state index contributed by atoms with van der Waals surface area (Å²) in [5.41, 5.74) is 2.12. The number of hydrogen-bond acceptors (Lipinski definition) is 3. The summed E-state index contributed by atoms with van der Waals surface area (Å²) >= 11 is 0. The molecule has 1 unspecified atom stereocenters. The van der Waals surface area contributed by atoms with E-state index in [1.165, 1.54) is 0 Å². The molecule has 0 spiro atoms. The van der Waals surface area contributed by atoms with Crippen molar-refractivity contribution in [2.24, 2.45) is 0 Å². The Balaban J connectivity index is 1.62. The minimum atomic E-state index is 0.0932. The molecule has 1 aliphatic heterocycles. The van der Waals surface area contributed by atoms with Crippen molar-refractivity contribution in [3.8, 4) is 0 Å². The second-order valence-electron chi connectivity index (χ2n) is 5.51. The highest BCUT2D eigenvalue weighted by atomic mass is 16.5. The van der Waals surface area contributed by atoms with E-state index in [1.807, 2.05) is 37.5 Å². The van der Waals surface area contributed by atoms with Gasteiger partial charge in [0.05, 0.1) is 19.1 Å². The molecule has 0 radical (unpaired) electrons. The van der Waals surface area contributed by atoms with Crippen molar-refractivity contribution >= 4 is 16.8 Å². The van der Waals surface area contributed by atoms with Crippen LogP contribution in [0.5, 0.6) is 0 Å². The number of nitrogens with one attached hydrogen (secondary N) is 2. The molecule has 21 heavy (non-hydrogen) atoms. The van der Waals surface area contributed by atoms with Gasteiger partial charge in [0.1, 0.15) is 0 Å². The zero-order valence-electron chi connectivity index (χ0n) is 12.3. The largest absolute Gasteiger partial charge is 0.374 e. The maximum Gasteiger partial charge on any atom is 0.226 e. The molecule has 5 heteroatoms. The van der Waals surface area contributed by atoms with Crippen molar-refractivity contribution in [3.05, 3.63) is 36.0 Å². The zero-order valence-corrected chi connectivity index (χ0v) is 12.3. The predicted molar refractivity (Wildman–Crippen MR) is 82.2 cm³/mol. The lowest BCUT2D eigenvalue weighted by Gasteiger charge is -2.28. The Bertz CT molecular complexity index is 617. The number of carbonyl (C=O) groups excluding carboxylic acids is 1. The normalized spacial score (nSPS) is 18.8. The van der Waals surface area contributed by atoms with Gasteiger partial charge in [0.2, 0.25) is 5.91 Å². The number of para-hydroxylation sites is 1. The standard InChI is InChI=1S/C16H21N3O2/c1-19(11-13-10-17-6-7-21-13)16(20)8-12-9-18-15-5-3-2-4-14(12)15/h2-5,9,13,17-18H,6-8,10-11H2,1H3. The van der Waals surface area contributed by atoms with Crippen LogP contribution in [-0.2, 0) is 16.0 Å². The fourth-order valence-corrected chi connectivity index (χ4v) is 2.72. The first kappa shape index (κ1) is 14.1. The molecule has 3 rings (SSSR count). The summed E-state index contributed by atoms with van der Waals surface area (Å²) in [4.78, 5) is 17.3. The number of ether oxygens (including phenoxy) is 1. The van der Waals surface area contributed by atoms with Crippen LogP contribution in [0.25, 0.3) is 10.9 Å². The molecule has 1 aliphatic rings. The first-order valence-electron chi connectivity index (χ1n) is 7.35. The number of fused-ring (bicyclic) bond motifs is 1. The van der Waals surface area contributed by atoms with Gasteiger partial charge in [0.25, 0.3) is 0 Å². The fourth-order valence-electron chi connectivity index (χ4n) is 2.72. The van der Waals surface area contributed by atoms with Crippen molar-refractivity contribution in [2.45, 2.75) is 12.5 Å². The number of amides is 1. The third-order valence-corrected chi connectivity index (χ3v) is 3.92. The summed E-state index contributed by atoms with van der Waals surface area (Å²) in [6.45, 7) is 3.05. The molecule has 2 N–H and O–H groups in total. The minimum absolute atomic E-state index is 0.0932. The van der Waals surface area contributed by atoms with E-state index in [9.17, 15) is 4.79 Å². The number of aromatic nitrogens is 1. The van der Waals surface area contributed by atoms with Crippen LogP contribution in [-0.4, -0.2) is 55.2 Å². The molecule has 2 heterocycles. The maximum absolute atomic E-state index is 12.4. The number of benzene rings is 1. The molecule has 1 saturated heterocycles. The molecule has 0 bridgehead atoms. The lowest BCUT2D eigenvalue weighted by Crippen LogP contribution is -2.46. The van der Waals surface area contributed by atoms with Crippen molar-refractivity contribution < 1.29 is 9.53 Å². The molecule has 1 fully saturated rings. The SMILES string of the molecule is CN(CC1CNCCO1)C(=O)Cc1c[nH]c2ccccc12. The first-order chi connectivity index (χ1) is 10.2. The summed E-state index contributed by atoms with van der Waals surface area (Å²) in [6, 6.07) is 8.05. The number of morpholine rings is 1. The Kier molecular flexibility index (Phi) is 4.22. The van der Waals surface area contributed by atoms with Crippen LogP contribution in [0.3, 0.4) is 0 Å². The van der Waals surface area contributed by atoms with Gasteiger partial charge in [0, 0.05) is 43.8 Å². The van der Waals surface area contributed by atoms with Gasteiger partial charge in [-0.2, -0.15) is 0 Å². The van der Waals surface area contributed by atoms with Crippen molar-refractivity contribution in [1.29, 1.82) is 0 Å². The number of rotatable bonds is 4. The highest BCUT2D eigenvalue weighted by Gasteiger charge is 2.19. The van der Waals surface area contributed by atoms with Crippen molar-refractivity contribution in [2.75, 3.05) is 33.3 Å². The predicted octanol–water partition coefficient (Wildman–Crippen LogP) is 1.16. The quantitative estimate of drug-likeness (QED) is 0.887. The topological polar surface area (TPSA) is 57.4 Å². The van der Waals surface area contributed by atoms with E-state index in [0.717, 1.165) is 36.2 Å². The molecular weight excluding hydrogens is 266 g/mol. The summed E-state index contributed by atoms with van der Waals surface area (Å²) in [7, 11) is 1.84. The van der Waals surface area contributed by atoms with Crippen LogP contribution in [0.2, 0.25) is 0 Å². The van der Waals surface area contributed by atoms with E-state index in [2.05, 4.69) is 10.3 Å². The number of aromatic amines is 1. The van der Waals surface area contributed by atoms with E-state index < -0.39 is 0 Å². The Hall–Kier alpha value is -1.85. The van der Waals surface area contributed by atoms with Crippen LogP contribution >= 0.6 is 0 Å². The summed E-state index contributed by atoms with van der Waals surface area (Å²) < 4.78 is 5.64. The molecule has 112 valence electrons. The number of hydrogen-bond donors (Lipinski definition) is 2. The highest BCUT2D eigenvalue weighted by molar-refractivity contribution is 5.88. The van der Waals surface area contributed by atoms with E-state index in [1.54, 1.807) is 4.90 Å². The van der Waals surface area contributed by atoms with Gasteiger partial charge in [-0.05, 0) is 11.6 Å². The minimum Gasteiger partial charge on any atom is -0.374 e. The van der Waals surface area contributed by atoms with E-state index >= 15 is 0 Å². The Morgan fingerprint density at radius 3 is 3.10 bits per heavy atom. The van der Waals surface area contributed by atoms with Crippen LogP contribution < -0.4 is 5.32 Å². The average Bonchev–Trinajstić information content (AvgIpc) is 2.91. The molecule has 1 atom stereocenters. The second-order valence-corrected chi connectivity index (χ2v) is 5.51. The van der Waals surface area contributed by atoms with Crippen LogP contribution in [0.1, 0.15) is 5.56 Å². The van der Waals surface area contributed by atoms with Gasteiger partial charge in [-0.1, -0.05) is 18.2 Å². The fraction of sp³-hybridized carbons (Fsp3) is 0.438. The smallest absolute Gasteiger partial charge is 0.226 e. The Morgan fingerprint density at radius 2 is 2.29 bits per heavy atom. The number of nitrogens with zero attached hydrogens (tertiary/aromatic N) is 1. The lowest BCUT2D eigenvalue weighted by molar-refractivity contribution is -0.131. The van der Waals surface area contributed by atoms with Gasteiger partial charge in [-0.3, -0.25) is 4.79 Å². The molecule has 1 aromatic heterocycles. The monoisotopic (exact) mass is 287 g/mol. The Morgan fingerprint density at radius 1 is 1.43 bits per heavy atom. The third kappa shape index (κ3) is 3.25. The summed E-state index contributed by atoms with van der Waals surface area (Å²) in [5.74, 6) is 0.119. The zero-order chi connectivity index (χ0) is 14.7. The lowest BCUT2D eigenvalue weighted by atomic mass is 10.1. The van der Waals surface area contributed by atoms with Crippen molar-refractivity contribution in [3.63, 3.8) is 0 Å². The first-order valence-corrected chi connectivity index (χ1v) is 7.35. The van der Waals surface area contributed by atoms with Gasteiger partial charge in [0.15, 0.2) is 0 Å². The second kappa shape index (κ2) is 6.28. The summed E-state index contributed by atoms with van der Waals surface area (Å²) in [5, 5.41) is 4.40. The average molecular weight is 287 g/mol. The molecule has 5 nitrogen and oxygen atoms in total. The van der Waals surface area contributed by atoms with E-state index in [4.69, 9.17) is 4.74 Å². The molecule has 1 aromatic carbocycles. The van der Waals surface area contributed by atoms with E-state index in [-0.39, 0.29) is 12.0 Å². The molecule has 2 aromatic rings. The van der Waals surface area contributed by atoms with Gasteiger partial charge < -0.3 is 19.9 Å². The summed E-state index contributed by atoms with van der Waals surface area (Å²) in [6.07, 6.45) is 2.44. The number of likely N-dealkylation sites (N-methyl/N-ethyl adjacent to an activating group) is 1.